The number of anilines is 3. The Bertz CT molecular complexity index is 2590. The molecule has 2 amide bonds. The van der Waals surface area contributed by atoms with E-state index in [-0.39, 0.29) is 52.8 Å². The van der Waals surface area contributed by atoms with Gasteiger partial charge in [0.25, 0.3) is 5.91 Å². The second kappa shape index (κ2) is 27.1. The number of aryl methyl sites for hydroxylation is 1. The Morgan fingerprint density at radius 1 is 0.937 bits per heavy atom. The molecule has 8 rings (SSSR count). The van der Waals surface area contributed by atoms with Crippen LogP contribution in [0.5, 0.6) is 0 Å². The van der Waals surface area contributed by atoms with Crippen molar-refractivity contribution in [3.63, 3.8) is 0 Å². The zero-order valence-electron chi connectivity index (χ0n) is 50.8. The number of pyridine rings is 1. The first-order valence-electron chi connectivity index (χ1n) is 30.7. The quantitative estimate of drug-likeness (QED) is 0.0534. The van der Waals surface area contributed by atoms with E-state index in [1.165, 1.54) is 22.2 Å². The summed E-state index contributed by atoms with van der Waals surface area (Å²) in [5, 5.41) is 16.2. The van der Waals surface area contributed by atoms with E-state index >= 15 is 9.59 Å². The molecule has 0 bridgehead atoms. The van der Waals surface area contributed by atoms with Crippen molar-refractivity contribution in [1.82, 2.24) is 45.3 Å². The van der Waals surface area contributed by atoms with Crippen LogP contribution in [0.15, 0.2) is 36.0 Å². The number of rotatable bonds is 29. The molecule has 4 aliphatic heterocycles. The number of nitrogens with one attached hydrogen (secondary N) is 2. The van der Waals surface area contributed by atoms with Crippen LogP contribution in [0.2, 0.25) is 0 Å². The van der Waals surface area contributed by atoms with Crippen LogP contribution in [0.3, 0.4) is 0 Å². The van der Waals surface area contributed by atoms with Gasteiger partial charge in [0.2, 0.25) is 11.0 Å². The number of benzene rings is 1. The topological polar surface area (TPSA) is 140 Å². The number of amides is 2. The summed E-state index contributed by atoms with van der Waals surface area (Å²) in [4.78, 5) is 48.4. The molecule has 438 valence electrons. The van der Waals surface area contributed by atoms with Crippen LogP contribution in [0, 0.1) is 16.7 Å². The highest BCUT2D eigenvalue weighted by atomic mass is 32.1. The molecule has 16 nitrogen and oxygen atoms in total. The van der Waals surface area contributed by atoms with Gasteiger partial charge in [0.1, 0.15) is 11.6 Å². The van der Waals surface area contributed by atoms with Crippen LogP contribution in [0.4, 0.5) is 16.5 Å². The van der Waals surface area contributed by atoms with Gasteiger partial charge < -0.3 is 34.1 Å². The minimum absolute atomic E-state index is 0.0249. The first kappa shape index (κ1) is 60.7. The minimum Gasteiger partial charge on any atom is -0.380 e. The summed E-state index contributed by atoms with van der Waals surface area (Å²) in [7, 11) is 1.79. The molecule has 1 spiro atoms. The van der Waals surface area contributed by atoms with Gasteiger partial charge in [0.15, 0.2) is 0 Å². The molecule has 6 unspecified atom stereocenters. The van der Waals surface area contributed by atoms with Crippen molar-refractivity contribution in [2.45, 2.75) is 190 Å². The zero-order valence-corrected chi connectivity index (χ0v) is 51.6. The SMILES string of the molecule is CCCN(CCC)c1cnc(C(C)OC)c(-c2c(CC(C)(C)CC)c3cc(N(CC)CCC(C(NC(=O)C(C(C)C)N4CCCC4CN(CCC)c4nncs4)C(=O)N4CCCC(C)N4)N4CC5(COC5)C4)ccc3n2CC)c1. The van der Waals surface area contributed by atoms with Crippen molar-refractivity contribution in [1.29, 1.82) is 0 Å². The van der Waals surface area contributed by atoms with E-state index in [4.69, 9.17) is 14.5 Å². The van der Waals surface area contributed by atoms with Gasteiger partial charge in [0.05, 0.1) is 48.6 Å². The van der Waals surface area contributed by atoms with Gasteiger partial charge in [-0.15, -0.1) is 10.2 Å². The fourth-order valence-corrected chi connectivity index (χ4v) is 13.9. The largest absolute Gasteiger partial charge is 0.380 e. The third-order valence-corrected chi connectivity index (χ3v) is 18.7. The number of fused-ring (bicyclic) bond motifs is 1. The Balaban J connectivity index is 1.16. The maximum Gasteiger partial charge on any atom is 0.260 e. The highest BCUT2D eigenvalue weighted by Crippen LogP contribution is 2.44. The summed E-state index contributed by atoms with van der Waals surface area (Å²) in [5.41, 5.74) is 13.7. The van der Waals surface area contributed by atoms with Crippen LogP contribution in [0.25, 0.3) is 22.2 Å². The Morgan fingerprint density at radius 3 is 2.27 bits per heavy atom. The number of hydrogen-bond acceptors (Lipinski definition) is 14. The van der Waals surface area contributed by atoms with Crippen LogP contribution in [0.1, 0.15) is 158 Å². The van der Waals surface area contributed by atoms with Gasteiger partial charge >= 0.3 is 0 Å². The Labute approximate surface area is 478 Å². The minimum atomic E-state index is -0.757. The van der Waals surface area contributed by atoms with E-state index in [2.05, 4.69) is 164 Å². The molecule has 2 N–H and O–H groups in total. The highest BCUT2D eigenvalue weighted by Gasteiger charge is 2.53. The van der Waals surface area contributed by atoms with Crippen molar-refractivity contribution in [3.8, 4) is 11.3 Å². The second-order valence-electron chi connectivity index (χ2n) is 24.8. The summed E-state index contributed by atoms with van der Waals surface area (Å²) in [6, 6.07) is 8.43. The van der Waals surface area contributed by atoms with Crippen molar-refractivity contribution in [2.24, 2.45) is 16.7 Å². The second-order valence-corrected chi connectivity index (χ2v) is 25.6. The van der Waals surface area contributed by atoms with Gasteiger partial charge in [-0.2, -0.15) is 0 Å². The summed E-state index contributed by atoms with van der Waals surface area (Å²) < 4.78 is 14.4. The van der Waals surface area contributed by atoms with Crippen molar-refractivity contribution in [2.75, 3.05) is 100 Å². The molecule has 4 fully saturated rings. The van der Waals surface area contributed by atoms with E-state index in [1.54, 1.807) is 24.0 Å². The summed E-state index contributed by atoms with van der Waals surface area (Å²) in [5.74, 6) is -0.0768. The van der Waals surface area contributed by atoms with Gasteiger partial charge in [-0.25, -0.2) is 5.43 Å². The summed E-state index contributed by atoms with van der Waals surface area (Å²) in [6.45, 7) is 37.4. The number of carbonyl (C=O) groups is 2. The maximum absolute atomic E-state index is 15.5. The van der Waals surface area contributed by atoms with Crippen LogP contribution in [-0.2, 0) is 32.0 Å². The number of carbonyl (C=O) groups excluding carboxylic acids is 2. The Kier molecular flexibility index (Phi) is 20.8. The first-order chi connectivity index (χ1) is 38.0. The smallest absolute Gasteiger partial charge is 0.260 e. The molecule has 7 heterocycles. The average molecular weight is 1110 g/mol. The highest BCUT2D eigenvalue weighted by molar-refractivity contribution is 7.13. The number of aromatic nitrogens is 4. The third-order valence-electron chi connectivity index (χ3n) is 18.0. The number of likely N-dealkylation sites (tertiary alicyclic amines) is 2. The lowest BCUT2D eigenvalue weighted by Gasteiger charge is -2.58. The molecular formula is C62H100N12O4S. The lowest BCUT2D eigenvalue weighted by molar-refractivity contribution is -0.202. The number of hydrazine groups is 1. The molecule has 0 radical (unpaired) electrons. The first-order valence-corrected chi connectivity index (χ1v) is 31.6. The van der Waals surface area contributed by atoms with Gasteiger partial charge in [0, 0.05) is 118 Å². The fourth-order valence-electron chi connectivity index (χ4n) is 13.3. The molecule has 4 aliphatic rings. The molecule has 6 atom stereocenters. The molecular weight excluding hydrogens is 1010 g/mol. The normalized spacial score (nSPS) is 20.3. The third kappa shape index (κ3) is 13.6. The van der Waals surface area contributed by atoms with Gasteiger partial charge in [-0.3, -0.25) is 29.4 Å². The average Bonchev–Trinajstić information content (AvgIpc) is 4.43. The summed E-state index contributed by atoms with van der Waals surface area (Å²) in [6.07, 6.45) is 11.6. The van der Waals surface area contributed by atoms with Crippen LogP contribution < -0.4 is 25.4 Å². The molecule has 79 heavy (non-hydrogen) atoms. The molecule has 1 aromatic carbocycles. The van der Waals surface area contributed by atoms with Gasteiger partial charge in [-0.05, 0) is 133 Å². The summed E-state index contributed by atoms with van der Waals surface area (Å²) >= 11 is 1.57. The lowest BCUT2D eigenvalue weighted by atomic mass is 9.76. The van der Waals surface area contributed by atoms with E-state index in [0.717, 1.165) is 158 Å². The molecule has 4 saturated heterocycles. The molecule has 4 aromatic rings. The standard InChI is InChI=1S/C62H100N12O4S/c1-14-27-69(28-15-2)48-34-50(54(63-36-48)45(10)77-13)57-51(35-61(11,12)17-4)49-33-46(24-25-52(49)72(57)19-6)68(18-5)32-26-53(71-38-62(39-71)40-78-41-62)55(59(76)74-31-20-22-44(9)67-74)65-58(75)56(43(7)8)73-30-21-23-47(73)37-70(29-16-3)60-66-64-42-79-60/h24-25,33-34,36,42-45,47,53,55-56,67H,14-23,26-32,35,37-41H2,1-13H3,(H,65,75). The van der Waals surface area contributed by atoms with E-state index in [9.17, 15) is 0 Å². The predicted octanol–water partition coefficient (Wildman–Crippen LogP) is 10.2. The molecule has 0 saturated carbocycles. The Morgan fingerprint density at radius 2 is 1.66 bits per heavy atom. The Hall–Kier alpha value is -4.39. The molecule has 3 aromatic heterocycles. The van der Waals surface area contributed by atoms with Crippen molar-refractivity contribution >= 4 is 50.6 Å². The molecule has 0 aliphatic carbocycles. The van der Waals surface area contributed by atoms with Crippen LogP contribution >= 0.6 is 11.3 Å². The zero-order chi connectivity index (χ0) is 56.6. The number of nitrogens with zero attached hydrogens (tertiary/aromatic N) is 10. The predicted molar refractivity (Wildman–Crippen MR) is 324 cm³/mol. The lowest BCUT2D eigenvalue weighted by Crippen LogP contribution is -2.73. The van der Waals surface area contributed by atoms with Crippen molar-refractivity contribution in [3.05, 3.63) is 47.2 Å². The van der Waals surface area contributed by atoms with Gasteiger partial charge in [-0.1, -0.05) is 73.1 Å². The number of ether oxygens (including phenoxy) is 2. The van der Waals surface area contributed by atoms with Crippen LogP contribution in [-0.4, -0.2) is 162 Å². The van der Waals surface area contributed by atoms with E-state index in [1.807, 2.05) is 5.01 Å². The maximum atomic E-state index is 15.5. The van der Waals surface area contributed by atoms with E-state index < -0.39 is 12.1 Å². The fraction of sp³-hybridized carbons (Fsp3) is 0.726. The van der Waals surface area contributed by atoms with Crippen molar-refractivity contribution < 1.29 is 19.1 Å². The molecule has 17 heteroatoms. The number of hydrogen-bond donors (Lipinski definition) is 2. The monoisotopic (exact) mass is 1110 g/mol. The van der Waals surface area contributed by atoms with E-state index in [0.29, 0.717) is 19.5 Å². The number of methoxy groups -OCH3 is 1.